The Labute approximate surface area is 175 Å². The third kappa shape index (κ3) is 4.95. The number of aliphatic hydroxyl groups is 1. The molecule has 0 spiro atoms. The Morgan fingerprint density at radius 1 is 1.14 bits per heavy atom. The van der Waals surface area contributed by atoms with Crippen molar-refractivity contribution in [1.29, 1.82) is 0 Å². The van der Waals surface area contributed by atoms with Crippen LogP contribution in [-0.2, 0) is 0 Å². The number of rotatable bonds is 6. The second kappa shape index (κ2) is 9.18. The van der Waals surface area contributed by atoms with Crippen LogP contribution in [0.15, 0.2) is 23.3 Å². The summed E-state index contributed by atoms with van der Waals surface area (Å²) in [6.07, 6.45) is 14.4. The lowest BCUT2D eigenvalue weighted by Crippen LogP contribution is -2.48. The lowest BCUT2D eigenvalue weighted by Gasteiger charge is -2.44. The van der Waals surface area contributed by atoms with E-state index in [9.17, 15) is 13.9 Å². The SMILES string of the molecule is CC12CCC/C(=C\C=C3\CCCC(O)C3)C1CC[C@@H]2CCN1CC(CC(F)F)C1. The number of aliphatic hydroxyl groups excluding tert-OH is 1. The van der Waals surface area contributed by atoms with Gasteiger partial charge in [-0.1, -0.05) is 30.2 Å². The van der Waals surface area contributed by atoms with Crippen molar-refractivity contribution in [2.75, 3.05) is 19.6 Å². The summed E-state index contributed by atoms with van der Waals surface area (Å²) >= 11 is 0. The molecule has 0 radical (unpaired) electrons. The van der Waals surface area contributed by atoms with Crippen LogP contribution in [0.3, 0.4) is 0 Å². The van der Waals surface area contributed by atoms with E-state index in [0.29, 0.717) is 5.41 Å². The smallest absolute Gasteiger partial charge is 0.239 e. The van der Waals surface area contributed by atoms with Crippen molar-refractivity contribution in [1.82, 2.24) is 4.90 Å². The Balaban J connectivity index is 1.32. The molecule has 0 bridgehead atoms. The predicted molar refractivity (Wildman–Crippen MR) is 114 cm³/mol. The first-order chi connectivity index (χ1) is 13.9. The molecule has 0 aromatic heterocycles. The largest absolute Gasteiger partial charge is 0.393 e. The van der Waals surface area contributed by atoms with E-state index in [1.165, 1.54) is 44.1 Å². The minimum atomic E-state index is -2.14. The van der Waals surface area contributed by atoms with Crippen molar-refractivity contribution < 1.29 is 13.9 Å². The topological polar surface area (TPSA) is 23.5 Å². The number of halogens is 2. The molecular weight excluding hydrogens is 368 g/mol. The highest BCUT2D eigenvalue weighted by molar-refractivity contribution is 5.25. The number of allylic oxidation sites excluding steroid dienone is 3. The second-order valence-corrected chi connectivity index (χ2v) is 10.5. The van der Waals surface area contributed by atoms with E-state index < -0.39 is 6.43 Å². The number of hydrogen-bond acceptors (Lipinski definition) is 2. The maximum Gasteiger partial charge on any atom is 0.239 e. The molecule has 1 heterocycles. The van der Waals surface area contributed by atoms with Crippen molar-refractivity contribution in [2.45, 2.75) is 90.1 Å². The van der Waals surface area contributed by atoms with Crippen LogP contribution in [0.4, 0.5) is 8.78 Å². The van der Waals surface area contributed by atoms with Crippen LogP contribution in [-0.4, -0.2) is 42.2 Å². The summed E-state index contributed by atoms with van der Waals surface area (Å²) in [5, 5.41) is 9.93. The standard InChI is InChI=1S/C25H39F2NO/c1-25-12-3-5-20(8-7-18-4-2-6-22(29)14-18)23(25)10-9-21(25)11-13-28-16-19(17-28)15-24(26)27/h7-8,19,21-24,29H,2-6,9-17H2,1H3/b18-7-,20-8+/t21-,22?,23?,25?/m1/s1. The zero-order chi connectivity index (χ0) is 20.4. The molecule has 1 aliphatic heterocycles. The van der Waals surface area contributed by atoms with Crippen molar-refractivity contribution in [2.24, 2.45) is 23.2 Å². The molecular formula is C25H39F2NO. The van der Waals surface area contributed by atoms with Crippen LogP contribution in [0.2, 0.25) is 0 Å². The molecule has 4 heteroatoms. The van der Waals surface area contributed by atoms with Gasteiger partial charge in [-0.3, -0.25) is 0 Å². The average molecular weight is 408 g/mol. The van der Waals surface area contributed by atoms with E-state index in [4.69, 9.17) is 0 Å². The normalized spacial score (nSPS) is 39.3. The van der Waals surface area contributed by atoms with Crippen molar-refractivity contribution in [3.05, 3.63) is 23.3 Å². The number of fused-ring (bicyclic) bond motifs is 1. The first kappa shape index (κ1) is 21.5. The number of alkyl halides is 2. The van der Waals surface area contributed by atoms with E-state index in [1.807, 2.05) is 0 Å². The summed E-state index contributed by atoms with van der Waals surface area (Å²) in [7, 11) is 0. The van der Waals surface area contributed by atoms with E-state index in [2.05, 4.69) is 24.0 Å². The van der Waals surface area contributed by atoms with Crippen molar-refractivity contribution in [3.63, 3.8) is 0 Å². The third-order valence-electron chi connectivity index (χ3n) is 8.57. The maximum absolute atomic E-state index is 12.5. The lowest BCUT2D eigenvalue weighted by molar-refractivity contribution is 0.0269. The third-order valence-corrected chi connectivity index (χ3v) is 8.57. The minimum Gasteiger partial charge on any atom is -0.393 e. The maximum atomic E-state index is 12.5. The molecule has 2 nitrogen and oxygen atoms in total. The molecule has 164 valence electrons. The molecule has 3 saturated carbocycles. The van der Waals surface area contributed by atoms with E-state index in [0.717, 1.165) is 57.2 Å². The van der Waals surface area contributed by atoms with Gasteiger partial charge in [-0.15, -0.1) is 0 Å². The first-order valence-electron chi connectivity index (χ1n) is 12.0. The van der Waals surface area contributed by atoms with Gasteiger partial charge in [-0.05, 0) is 93.9 Å². The monoisotopic (exact) mass is 407 g/mol. The number of likely N-dealkylation sites (tertiary alicyclic amines) is 1. The molecule has 3 aliphatic carbocycles. The molecule has 0 aromatic carbocycles. The lowest BCUT2D eigenvalue weighted by atomic mass is 9.63. The van der Waals surface area contributed by atoms with Crippen LogP contribution in [0.25, 0.3) is 0 Å². The summed E-state index contributed by atoms with van der Waals surface area (Å²) in [5.41, 5.74) is 3.49. The minimum absolute atomic E-state index is 0.0837. The summed E-state index contributed by atoms with van der Waals surface area (Å²) in [6.45, 7) is 5.37. The van der Waals surface area contributed by atoms with E-state index in [-0.39, 0.29) is 18.4 Å². The number of nitrogens with zero attached hydrogens (tertiary/aromatic N) is 1. The van der Waals surface area contributed by atoms with Gasteiger partial charge >= 0.3 is 0 Å². The fourth-order valence-electron chi connectivity index (χ4n) is 6.87. The van der Waals surface area contributed by atoms with Crippen LogP contribution in [0.1, 0.15) is 77.6 Å². The van der Waals surface area contributed by atoms with E-state index >= 15 is 0 Å². The molecule has 4 aliphatic rings. The van der Waals surface area contributed by atoms with Gasteiger partial charge < -0.3 is 10.0 Å². The summed E-state index contributed by atoms with van der Waals surface area (Å²) in [5.74, 6) is 1.71. The van der Waals surface area contributed by atoms with Gasteiger partial charge in [-0.2, -0.15) is 0 Å². The molecule has 29 heavy (non-hydrogen) atoms. The molecule has 1 saturated heterocycles. The van der Waals surface area contributed by atoms with Crippen LogP contribution in [0, 0.1) is 23.2 Å². The Morgan fingerprint density at radius 2 is 1.97 bits per heavy atom. The molecule has 3 unspecified atom stereocenters. The van der Waals surface area contributed by atoms with Gasteiger partial charge in [0.1, 0.15) is 0 Å². The molecule has 4 atom stereocenters. The zero-order valence-electron chi connectivity index (χ0n) is 18.1. The summed E-state index contributed by atoms with van der Waals surface area (Å²) < 4.78 is 25.0. The Morgan fingerprint density at radius 3 is 2.72 bits per heavy atom. The summed E-state index contributed by atoms with van der Waals surface area (Å²) in [4.78, 5) is 2.39. The van der Waals surface area contributed by atoms with Gasteiger partial charge in [0.25, 0.3) is 0 Å². The molecule has 4 rings (SSSR count). The Kier molecular flexibility index (Phi) is 6.80. The number of hydrogen-bond donors (Lipinski definition) is 1. The second-order valence-electron chi connectivity index (χ2n) is 10.5. The average Bonchev–Trinajstić information content (AvgIpc) is 2.98. The quantitative estimate of drug-likeness (QED) is 0.586. The van der Waals surface area contributed by atoms with Gasteiger partial charge in [0.05, 0.1) is 6.10 Å². The fourth-order valence-corrected chi connectivity index (χ4v) is 6.87. The van der Waals surface area contributed by atoms with Gasteiger partial charge in [0, 0.05) is 19.5 Å². The van der Waals surface area contributed by atoms with Crippen LogP contribution >= 0.6 is 0 Å². The highest BCUT2D eigenvalue weighted by Gasteiger charge is 2.49. The van der Waals surface area contributed by atoms with Crippen molar-refractivity contribution in [3.8, 4) is 0 Å². The molecule has 4 fully saturated rings. The highest BCUT2D eigenvalue weighted by atomic mass is 19.3. The van der Waals surface area contributed by atoms with Crippen LogP contribution < -0.4 is 0 Å². The Hall–Kier alpha value is -0.740. The highest BCUT2D eigenvalue weighted by Crippen LogP contribution is 2.58. The Bertz CT molecular complexity index is 624. The van der Waals surface area contributed by atoms with Gasteiger partial charge in [-0.25, -0.2) is 8.78 Å². The van der Waals surface area contributed by atoms with Gasteiger partial charge in [0.15, 0.2) is 0 Å². The van der Waals surface area contributed by atoms with Crippen LogP contribution in [0.5, 0.6) is 0 Å². The molecule has 0 amide bonds. The summed E-state index contributed by atoms with van der Waals surface area (Å²) in [6, 6.07) is 0. The first-order valence-corrected chi connectivity index (χ1v) is 12.0. The van der Waals surface area contributed by atoms with Crippen molar-refractivity contribution >= 4 is 0 Å². The predicted octanol–water partition coefficient (Wildman–Crippen LogP) is 5.97. The zero-order valence-corrected chi connectivity index (χ0v) is 18.1. The molecule has 0 aromatic rings. The molecule has 1 N–H and O–H groups in total. The fraction of sp³-hybridized carbons (Fsp3) is 0.840. The van der Waals surface area contributed by atoms with Gasteiger partial charge in [0.2, 0.25) is 6.43 Å². The van der Waals surface area contributed by atoms with E-state index in [1.54, 1.807) is 5.57 Å².